The topological polar surface area (TPSA) is 60.4 Å². The highest BCUT2D eigenvalue weighted by molar-refractivity contribution is 5.85. The minimum Gasteiger partial charge on any atom is -0.458 e. The fourth-order valence-electron chi connectivity index (χ4n) is 7.85. The number of fused-ring (bicyclic) bond motifs is 5. The molecule has 27 heavy (non-hydrogen) atoms. The summed E-state index contributed by atoms with van der Waals surface area (Å²) in [6, 6.07) is 0. The Hall–Kier alpha value is -1.19. The molecule has 7 atom stereocenters. The zero-order chi connectivity index (χ0) is 19.4. The third-order valence-corrected chi connectivity index (χ3v) is 9.29. The van der Waals surface area contributed by atoms with Gasteiger partial charge >= 0.3 is 5.97 Å². The largest absolute Gasteiger partial charge is 0.458 e. The van der Waals surface area contributed by atoms with Gasteiger partial charge in [0.25, 0.3) is 0 Å². The molecule has 0 unspecified atom stereocenters. The minimum atomic E-state index is -0.371. The van der Waals surface area contributed by atoms with E-state index in [0.717, 1.165) is 38.5 Å². The van der Waals surface area contributed by atoms with Crippen molar-refractivity contribution in [1.82, 2.24) is 0 Å². The number of ketones is 2. The number of hydrogen-bond donors (Lipinski definition) is 0. The highest BCUT2D eigenvalue weighted by Gasteiger charge is 2.61. The number of ether oxygens (including phenoxy) is 1. The predicted octanol–water partition coefficient (Wildman–Crippen LogP) is 4.35. The molecule has 0 heterocycles. The summed E-state index contributed by atoms with van der Waals surface area (Å²) in [5, 5.41) is 0. The Bertz CT molecular complexity index is 655. The van der Waals surface area contributed by atoms with Crippen molar-refractivity contribution in [2.45, 2.75) is 78.6 Å². The predicted molar refractivity (Wildman–Crippen MR) is 102 cm³/mol. The standard InChI is InChI=1S/C23H34O4/c1-14(24)27-13-21(26)20-7-6-18-17-5-4-15-12-16(25)8-10-22(15,2)19(17)9-11-23(18,20)3/h15,17-20H,4-13H2,1-3H3/t15-,17+,18+,19+,20-,22+,23+/m1/s1. The monoisotopic (exact) mass is 374 g/mol. The van der Waals surface area contributed by atoms with Crippen LogP contribution in [0.3, 0.4) is 0 Å². The highest BCUT2D eigenvalue weighted by Crippen LogP contribution is 2.67. The second kappa shape index (κ2) is 6.70. The third kappa shape index (κ3) is 2.98. The first kappa shape index (κ1) is 19.1. The molecule has 0 aromatic rings. The Morgan fingerprint density at radius 2 is 1.74 bits per heavy atom. The van der Waals surface area contributed by atoms with Gasteiger partial charge in [0, 0.05) is 25.7 Å². The van der Waals surface area contributed by atoms with E-state index in [4.69, 9.17) is 4.74 Å². The van der Waals surface area contributed by atoms with Crippen molar-refractivity contribution in [2.75, 3.05) is 6.61 Å². The zero-order valence-electron chi connectivity index (χ0n) is 17.1. The summed E-state index contributed by atoms with van der Waals surface area (Å²) in [5.74, 6) is 2.86. The first-order valence-corrected chi connectivity index (χ1v) is 10.9. The van der Waals surface area contributed by atoms with Gasteiger partial charge in [-0.25, -0.2) is 0 Å². The van der Waals surface area contributed by atoms with Crippen LogP contribution in [-0.2, 0) is 19.1 Å². The first-order valence-electron chi connectivity index (χ1n) is 10.9. The molecule has 4 aliphatic rings. The Morgan fingerprint density at radius 1 is 1.00 bits per heavy atom. The molecular formula is C23H34O4. The number of esters is 1. The third-order valence-electron chi connectivity index (χ3n) is 9.29. The van der Waals surface area contributed by atoms with Gasteiger partial charge in [0.05, 0.1) is 0 Å². The molecule has 4 aliphatic carbocycles. The van der Waals surface area contributed by atoms with Crippen LogP contribution in [0.1, 0.15) is 78.6 Å². The molecule has 0 aromatic carbocycles. The van der Waals surface area contributed by atoms with Crippen molar-refractivity contribution < 1.29 is 19.1 Å². The van der Waals surface area contributed by atoms with Crippen LogP contribution in [-0.4, -0.2) is 24.1 Å². The summed E-state index contributed by atoms with van der Waals surface area (Å²) in [6.07, 6.45) is 9.41. The minimum absolute atomic E-state index is 0.0428. The lowest BCUT2D eigenvalue weighted by Crippen LogP contribution is -2.54. The van der Waals surface area contributed by atoms with E-state index in [1.165, 1.54) is 26.2 Å². The molecule has 4 rings (SSSR count). The molecule has 4 fully saturated rings. The molecule has 0 N–H and O–H groups in total. The molecule has 4 heteroatoms. The number of hydrogen-bond acceptors (Lipinski definition) is 4. The van der Waals surface area contributed by atoms with Crippen molar-refractivity contribution in [3.8, 4) is 0 Å². The van der Waals surface area contributed by atoms with Gasteiger partial charge in [0.2, 0.25) is 0 Å². The molecule has 0 aromatic heterocycles. The van der Waals surface area contributed by atoms with Crippen molar-refractivity contribution in [3.63, 3.8) is 0 Å². The smallest absolute Gasteiger partial charge is 0.303 e. The van der Waals surface area contributed by atoms with Gasteiger partial charge in [0.15, 0.2) is 5.78 Å². The van der Waals surface area contributed by atoms with Crippen LogP contribution < -0.4 is 0 Å². The van der Waals surface area contributed by atoms with Crippen molar-refractivity contribution in [1.29, 1.82) is 0 Å². The number of rotatable bonds is 3. The van der Waals surface area contributed by atoms with Crippen molar-refractivity contribution in [3.05, 3.63) is 0 Å². The van der Waals surface area contributed by atoms with E-state index in [9.17, 15) is 14.4 Å². The van der Waals surface area contributed by atoms with Crippen LogP contribution >= 0.6 is 0 Å². The average Bonchev–Trinajstić information content (AvgIpc) is 2.97. The van der Waals surface area contributed by atoms with Crippen molar-refractivity contribution in [2.24, 2.45) is 40.4 Å². The fraction of sp³-hybridized carbons (Fsp3) is 0.870. The normalized spacial score (nSPS) is 46.2. The molecule has 0 amide bonds. The van der Waals surface area contributed by atoms with E-state index < -0.39 is 0 Å². The van der Waals surface area contributed by atoms with E-state index in [1.54, 1.807) is 0 Å². The molecule has 150 valence electrons. The van der Waals surface area contributed by atoms with Crippen LogP contribution in [0.25, 0.3) is 0 Å². The van der Waals surface area contributed by atoms with Gasteiger partial charge < -0.3 is 4.74 Å². The van der Waals surface area contributed by atoms with Crippen LogP contribution in [0.5, 0.6) is 0 Å². The first-order chi connectivity index (χ1) is 12.8. The second-order valence-corrected chi connectivity index (χ2v) is 10.3. The van der Waals surface area contributed by atoms with Crippen molar-refractivity contribution >= 4 is 17.5 Å². The summed E-state index contributed by atoms with van der Waals surface area (Å²) in [4.78, 5) is 35.9. The summed E-state index contributed by atoms with van der Waals surface area (Å²) in [6.45, 7) is 6.10. The molecule has 4 saturated carbocycles. The highest BCUT2D eigenvalue weighted by atomic mass is 16.5. The Balaban J connectivity index is 1.53. The molecule has 0 radical (unpaired) electrons. The van der Waals surface area contributed by atoms with E-state index in [-0.39, 0.29) is 29.7 Å². The lowest BCUT2D eigenvalue weighted by molar-refractivity contribution is -0.151. The van der Waals surface area contributed by atoms with E-state index in [0.29, 0.717) is 34.9 Å². The molecule has 0 bridgehead atoms. The zero-order valence-corrected chi connectivity index (χ0v) is 17.1. The summed E-state index contributed by atoms with van der Waals surface area (Å²) < 4.78 is 5.02. The van der Waals surface area contributed by atoms with E-state index in [2.05, 4.69) is 13.8 Å². The van der Waals surface area contributed by atoms with Gasteiger partial charge in [-0.1, -0.05) is 13.8 Å². The lowest BCUT2D eigenvalue weighted by Gasteiger charge is -2.60. The molecule has 4 nitrogen and oxygen atoms in total. The lowest BCUT2D eigenvalue weighted by atomic mass is 9.44. The summed E-state index contributed by atoms with van der Waals surface area (Å²) in [5.41, 5.74) is 0.379. The number of carbonyl (C=O) groups excluding carboxylic acids is 3. The maximum Gasteiger partial charge on any atom is 0.303 e. The van der Waals surface area contributed by atoms with Gasteiger partial charge in [-0.15, -0.1) is 0 Å². The summed E-state index contributed by atoms with van der Waals surface area (Å²) in [7, 11) is 0. The fourth-order valence-corrected chi connectivity index (χ4v) is 7.85. The number of carbonyl (C=O) groups is 3. The van der Waals surface area contributed by atoms with Crippen LogP contribution in [0, 0.1) is 40.4 Å². The molecular weight excluding hydrogens is 340 g/mol. The Labute approximate surface area is 162 Å². The molecule has 0 aliphatic heterocycles. The van der Waals surface area contributed by atoms with E-state index in [1.807, 2.05) is 0 Å². The van der Waals surface area contributed by atoms with Crippen LogP contribution in [0.2, 0.25) is 0 Å². The second-order valence-electron chi connectivity index (χ2n) is 10.3. The Morgan fingerprint density at radius 3 is 2.48 bits per heavy atom. The van der Waals surface area contributed by atoms with Crippen LogP contribution in [0.15, 0.2) is 0 Å². The molecule has 0 spiro atoms. The number of Topliss-reactive ketones (excluding diaryl/α,β-unsaturated/α-hetero) is 2. The quantitative estimate of drug-likeness (QED) is 0.689. The SMILES string of the molecule is CC(=O)OCC(=O)[C@H]1CC[C@H]2[C@@H]3CC[C@@H]4CC(=O)CC[C@]4(C)[C@H]3CC[C@]12C. The van der Waals surface area contributed by atoms with Crippen LogP contribution in [0.4, 0.5) is 0 Å². The van der Waals surface area contributed by atoms with Gasteiger partial charge in [-0.3, -0.25) is 14.4 Å². The summed E-state index contributed by atoms with van der Waals surface area (Å²) >= 11 is 0. The maximum atomic E-state index is 12.8. The van der Waals surface area contributed by atoms with Gasteiger partial charge in [-0.05, 0) is 79.4 Å². The Kier molecular flexibility index (Phi) is 4.75. The average molecular weight is 375 g/mol. The molecule has 0 saturated heterocycles. The van der Waals surface area contributed by atoms with Gasteiger partial charge in [-0.2, -0.15) is 0 Å². The van der Waals surface area contributed by atoms with Gasteiger partial charge in [0.1, 0.15) is 12.4 Å². The van der Waals surface area contributed by atoms with E-state index >= 15 is 0 Å². The maximum absolute atomic E-state index is 12.8.